The molecule has 0 radical (unpaired) electrons. The first-order valence-corrected chi connectivity index (χ1v) is 10.9. The molecule has 5 nitrogen and oxygen atoms in total. The summed E-state index contributed by atoms with van der Waals surface area (Å²) < 4.78 is 12.1. The van der Waals surface area contributed by atoms with Crippen molar-refractivity contribution in [2.45, 2.75) is 13.0 Å². The van der Waals surface area contributed by atoms with Gasteiger partial charge in [-0.25, -0.2) is 0 Å². The standard InChI is InChI=1S/C26H23BrN2O3/c1-31-24-16-21(15-23(27)25(24)32-18-20-10-6-3-7-11-20)14-22(17-28)26(30)29-13-12-19-8-4-2-5-9-19/h2-11,14-16H,12-13,18H2,1H3,(H,29,30)/b22-14+. The van der Waals surface area contributed by atoms with E-state index in [1.807, 2.05) is 66.7 Å². The minimum absolute atomic E-state index is 0.0185. The lowest BCUT2D eigenvalue weighted by molar-refractivity contribution is -0.117. The average Bonchev–Trinajstić information content (AvgIpc) is 2.82. The molecule has 32 heavy (non-hydrogen) atoms. The van der Waals surface area contributed by atoms with Gasteiger partial charge in [0.1, 0.15) is 18.2 Å². The van der Waals surface area contributed by atoms with Gasteiger partial charge in [-0.3, -0.25) is 4.79 Å². The lowest BCUT2D eigenvalue weighted by Crippen LogP contribution is -2.26. The maximum Gasteiger partial charge on any atom is 0.261 e. The maximum atomic E-state index is 12.5. The second kappa shape index (κ2) is 11.7. The maximum absolute atomic E-state index is 12.5. The third-order valence-corrected chi connectivity index (χ3v) is 5.28. The van der Waals surface area contributed by atoms with E-state index < -0.39 is 5.91 Å². The summed E-state index contributed by atoms with van der Waals surface area (Å²) in [5.41, 5.74) is 2.82. The molecule has 1 N–H and O–H groups in total. The number of rotatable bonds is 9. The van der Waals surface area contributed by atoms with Crippen molar-refractivity contribution in [1.29, 1.82) is 5.26 Å². The third-order valence-electron chi connectivity index (χ3n) is 4.70. The normalized spacial score (nSPS) is 10.8. The predicted octanol–water partition coefficient (Wildman–Crippen LogP) is 5.30. The number of nitrogens with zero attached hydrogens (tertiary/aromatic N) is 1. The first-order valence-electron chi connectivity index (χ1n) is 10.1. The van der Waals surface area contributed by atoms with Crippen LogP contribution in [0.15, 0.2) is 82.8 Å². The Kier molecular flexibility index (Phi) is 8.47. The summed E-state index contributed by atoms with van der Waals surface area (Å²) in [6, 6.07) is 25.2. The predicted molar refractivity (Wildman–Crippen MR) is 128 cm³/mol. The number of carbonyl (C=O) groups excluding carboxylic acids is 1. The van der Waals surface area contributed by atoms with Crippen molar-refractivity contribution in [1.82, 2.24) is 5.32 Å². The van der Waals surface area contributed by atoms with Crippen molar-refractivity contribution < 1.29 is 14.3 Å². The SMILES string of the molecule is COc1cc(/C=C(\C#N)C(=O)NCCc2ccccc2)cc(Br)c1OCc1ccccc1. The molecule has 0 unspecified atom stereocenters. The first-order chi connectivity index (χ1) is 15.6. The summed E-state index contributed by atoms with van der Waals surface area (Å²) in [6.45, 7) is 0.833. The van der Waals surface area contributed by atoms with Crippen LogP contribution in [0.5, 0.6) is 11.5 Å². The zero-order chi connectivity index (χ0) is 22.8. The third kappa shape index (κ3) is 6.47. The first kappa shape index (κ1) is 23.1. The van der Waals surface area contributed by atoms with Gasteiger partial charge in [-0.05, 0) is 57.2 Å². The van der Waals surface area contributed by atoms with E-state index in [2.05, 4.69) is 21.2 Å². The van der Waals surface area contributed by atoms with Crippen molar-refractivity contribution in [2.24, 2.45) is 0 Å². The van der Waals surface area contributed by atoms with Gasteiger partial charge >= 0.3 is 0 Å². The Bertz CT molecular complexity index is 1120. The van der Waals surface area contributed by atoms with Gasteiger partial charge in [-0.2, -0.15) is 5.26 Å². The number of benzene rings is 3. The number of amides is 1. The number of hydrogen-bond acceptors (Lipinski definition) is 4. The molecular formula is C26H23BrN2O3. The molecule has 0 saturated carbocycles. The van der Waals surface area contributed by atoms with Gasteiger partial charge in [-0.1, -0.05) is 60.7 Å². The van der Waals surface area contributed by atoms with E-state index in [1.165, 1.54) is 6.08 Å². The number of ether oxygens (including phenoxy) is 2. The lowest BCUT2D eigenvalue weighted by Gasteiger charge is -2.14. The quantitative estimate of drug-likeness (QED) is 0.326. The van der Waals surface area contributed by atoms with Crippen molar-refractivity contribution in [3.63, 3.8) is 0 Å². The van der Waals surface area contributed by atoms with Crippen LogP contribution in [0.4, 0.5) is 0 Å². The smallest absolute Gasteiger partial charge is 0.261 e. The molecule has 3 rings (SSSR count). The zero-order valence-electron chi connectivity index (χ0n) is 17.7. The van der Waals surface area contributed by atoms with Crippen LogP contribution in [-0.2, 0) is 17.8 Å². The molecule has 0 fully saturated rings. The highest BCUT2D eigenvalue weighted by atomic mass is 79.9. The molecule has 0 bridgehead atoms. The van der Waals surface area contributed by atoms with E-state index in [1.54, 1.807) is 19.2 Å². The minimum atomic E-state index is -0.414. The molecule has 0 saturated heterocycles. The van der Waals surface area contributed by atoms with E-state index in [0.717, 1.165) is 11.1 Å². The van der Waals surface area contributed by atoms with Gasteiger partial charge < -0.3 is 14.8 Å². The molecule has 3 aromatic rings. The van der Waals surface area contributed by atoms with Crippen LogP contribution in [0.3, 0.4) is 0 Å². The topological polar surface area (TPSA) is 71.3 Å². The zero-order valence-corrected chi connectivity index (χ0v) is 19.3. The fourth-order valence-corrected chi connectivity index (χ4v) is 3.64. The average molecular weight is 491 g/mol. The molecule has 1 amide bonds. The fourth-order valence-electron chi connectivity index (χ4n) is 3.07. The van der Waals surface area contributed by atoms with Crippen LogP contribution in [0.25, 0.3) is 6.08 Å². The van der Waals surface area contributed by atoms with Crippen LogP contribution in [0.1, 0.15) is 16.7 Å². The number of carbonyl (C=O) groups is 1. The summed E-state index contributed by atoms with van der Waals surface area (Å²) >= 11 is 3.51. The van der Waals surface area contributed by atoms with Gasteiger partial charge in [0.15, 0.2) is 11.5 Å². The molecule has 0 aliphatic heterocycles. The molecular weight excluding hydrogens is 468 g/mol. The van der Waals surface area contributed by atoms with Crippen molar-refractivity contribution >= 4 is 27.9 Å². The van der Waals surface area contributed by atoms with E-state index in [0.29, 0.717) is 41.1 Å². The van der Waals surface area contributed by atoms with Crippen LogP contribution < -0.4 is 14.8 Å². The Morgan fingerprint density at radius 1 is 1.06 bits per heavy atom. The molecule has 0 atom stereocenters. The van der Waals surface area contributed by atoms with Gasteiger partial charge in [0, 0.05) is 6.54 Å². The molecule has 0 aliphatic carbocycles. The Morgan fingerprint density at radius 3 is 2.34 bits per heavy atom. The molecule has 0 aromatic heterocycles. The van der Waals surface area contributed by atoms with E-state index >= 15 is 0 Å². The summed E-state index contributed by atoms with van der Waals surface area (Å²) in [7, 11) is 1.55. The molecule has 162 valence electrons. The van der Waals surface area contributed by atoms with Gasteiger partial charge in [0.25, 0.3) is 5.91 Å². The van der Waals surface area contributed by atoms with E-state index in [4.69, 9.17) is 9.47 Å². The van der Waals surface area contributed by atoms with Crippen LogP contribution >= 0.6 is 15.9 Å². The van der Waals surface area contributed by atoms with Gasteiger partial charge in [0.05, 0.1) is 11.6 Å². The highest BCUT2D eigenvalue weighted by Gasteiger charge is 2.14. The Labute approximate surface area is 196 Å². The summed E-state index contributed by atoms with van der Waals surface area (Å²) in [5.74, 6) is 0.644. The summed E-state index contributed by atoms with van der Waals surface area (Å²) in [5, 5.41) is 12.3. The van der Waals surface area contributed by atoms with E-state index in [9.17, 15) is 10.1 Å². The second-order valence-corrected chi connectivity index (χ2v) is 7.82. The van der Waals surface area contributed by atoms with Crippen molar-refractivity contribution in [3.8, 4) is 17.6 Å². The number of nitriles is 1. The van der Waals surface area contributed by atoms with Crippen LogP contribution in [0, 0.1) is 11.3 Å². The molecule has 0 heterocycles. The van der Waals surface area contributed by atoms with E-state index in [-0.39, 0.29) is 5.57 Å². The van der Waals surface area contributed by atoms with Crippen molar-refractivity contribution in [3.05, 3.63) is 99.5 Å². The highest BCUT2D eigenvalue weighted by Crippen LogP contribution is 2.37. The minimum Gasteiger partial charge on any atom is -0.493 e. The van der Waals surface area contributed by atoms with Gasteiger partial charge in [-0.15, -0.1) is 0 Å². The molecule has 0 aliphatic rings. The highest BCUT2D eigenvalue weighted by molar-refractivity contribution is 9.10. The molecule has 6 heteroatoms. The number of methoxy groups -OCH3 is 1. The summed E-state index contributed by atoms with van der Waals surface area (Å²) in [4.78, 5) is 12.5. The Balaban J connectivity index is 1.70. The second-order valence-electron chi connectivity index (χ2n) is 6.97. The Morgan fingerprint density at radius 2 is 1.72 bits per heavy atom. The fraction of sp³-hybridized carbons (Fsp3) is 0.154. The number of hydrogen-bond donors (Lipinski definition) is 1. The molecule has 3 aromatic carbocycles. The van der Waals surface area contributed by atoms with Crippen LogP contribution in [0.2, 0.25) is 0 Å². The van der Waals surface area contributed by atoms with Crippen molar-refractivity contribution in [2.75, 3.05) is 13.7 Å². The number of halogens is 1. The summed E-state index contributed by atoms with van der Waals surface area (Å²) in [6.07, 6.45) is 2.23. The lowest BCUT2D eigenvalue weighted by atomic mass is 10.1. The number of nitrogens with one attached hydrogen (secondary N) is 1. The van der Waals surface area contributed by atoms with Crippen LogP contribution in [-0.4, -0.2) is 19.6 Å². The largest absolute Gasteiger partial charge is 0.493 e. The monoisotopic (exact) mass is 490 g/mol. The Hall–Kier alpha value is -3.56. The van der Waals surface area contributed by atoms with Gasteiger partial charge in [0.2, 0.25) is 0 Å². The molecule has 0 spiro atoms.